The molecule has 83 heavy (non-hydrogen) atoms. The maximum atomic E-state index is 12.6. The van der Waals surface area contributed by atoms with Gasteiger partial charge in [-0.1, -0.05) is 386 Å². The molecule has 0 fully saturated rings. The van der Waals surface area contributed by atoms with Gasteiger partial charge in [-0.15, -0.1) is 0 Å². The van der Waals surface area contributed by atoms with E-state index in [9.17, 15) is 15.0 Å². The van der Waals surface area contributed by atoms with E-state index >= 15 is 0 Å². The van der Waals surface area contributed by atoms with Crippen molar-refractivity contribution in [3.63, 3.8) is 0 Å². The molecule has 4 nitrogen and oxygen atoms in total. The number of amides is 1. The Morgan fingerprint density at radius 2 is 0.530 bits per heavy atom. The van der Waals surface area contributed by atoms with Crippen molar-refractivity contribution in [3.05, 3.63) is 109 Å². The first kappa shape index (κ1) is 80.0. The molecule has 0 radical (unpaired) electrons. The summed E-state index contributed by atoms with van der Waals surface area (Å²) in [4.78, 5) is 12.6. The molecule has 4 heteroatoms. The zero-order valence-corrected chi connectivity index (χ0v) is 55.4. The van der Waals surface area contributed by atoms with Crippen LogP contribution in [0.3, 0.4) is 0 Å². The molecule has 0 heterocycles. The summed E-state index contributed by atoms with van der Waals surface area (Å²) >= 11 is 0. The molecule has 2 unspecified atom stereocenters. The van der Waals surface area contributed by atoms with Gasteiger partial charge < -0.3 is 15.5 Å². The van der Waals surface area contributed by atoms with E-state index in [-0.39, 0.29) is 12.5 Å². The van der Waals surface area contributed by atoms with E-state index in [1.165, 1.54) is 270 Å². The first-order valence-corrected chi connectivity index (χ1v) is 36.6. The van der Waals surface area contributed by atoms with Gasteiger partial charge in [-0.05, 0) is 83.5 Å². The summed E-state index contributed by atoms with van der Waals surface area (Å²) in [6.07, 6.45) is 110. The SMILES string of the molecule is CC/C=C\C/C=C\C/C=C\C/C=C\C/C=C\C/C=C\C/C=C\C/C=C\CCCCCCCCCCCCCCCCC(=O)NC(CO)C(O)/C=C/CCCCCCCCCCCCCCCCCCCCCCCCCCCCCCCC. The molecular formula is C79H141NO3. The lowest BCUT2D eigenvalue weighted by atomic mass is 10.0. The molecule has 480 valence electrons. The van der Waals surface area contributed by atoms with Crippen LogP contribution >= 0.6 is 0 Å². The topological polar surface area (TPSA) is 69.6 Å². The maximum Gasteiger partial charge on any atom is 0.220 e. The number of carbonyl (C=O) groups excluding carboxylic acids is 1. The summed E-state index contributed by atoms with van der Waals surface area (Å²) in [6.45, 7) is 4.22. The molecule has 0 saturated heterocycles. The third-order valence-corrected chi connectivity index (χ3v) is 16.5. The van der Waals surface area contributed by atoms with Crippen LogP contribution in [-0.4, -0.2) is 34.9 Å². The van der Waals surface area contributed by atoms with Crippen molar-refractivity contribution < 1.29 is 15.0 Å². The van der Waals surface area contributed by atoms with Crippen LogP contribution in [0, 0.1) is 0 Å². The van der Waals surface area contributed by atoms with Crippen molar-refractivity contribution in [2.24, 2.45) is 0 Å². The summed E-state index contributed by atoms with van der Waals surface area (Å²) in [7, 11) is 0. The number of hydrogen-bond donors (Lipinski definition) is 3. The number of hydrogen-bond acceptors (Lipinski definition) is 3. The van der Waals surface area contributed by atoms with Gasteiger partial charge in [0.15, 0.2) is 0 Å². The Hall–Kier alpha value is -2.95. The molecule has 2 atom stereocenters. The average Bonchev–Trinajstić information content (AvgIpc) is 3.51. The van der Waals surface area contributed by atoms with Crippen LogP contribution in [-0.2, 0) is 4.79 Å². The van der Waals surface area contributed by atoms with Crippen LogP contribution in [0.4, 0.5) is 0 Å². The number of rotatable bonds is 67. The monoisotopic (exact) mass is 1150 g/mol. The van der Waals surface area contributed by atoms with Crippen LogP contribution in [0.25, 0.3) is 0 Å². The minimum absolute atomic E-state index is 0.0632. The van der Waals surface area contributed by atoms with Gasteiger partial charge >= 0.3 is 0 Å². The molecule has 0 saturated carbocycles. The average molecular weight is 1150 g/mol. The zero-order chi connectivity index (χ0) is 59.8. The fourth-order valence-corrected chi connectivity index (χ4v) is 11.0. The molecule has 0 spiro atoms. The molecular weight excluding hydrogens is 1010 g/mol. The van der Waals surface area contributed by atoms with E-state index in [1.54, 1.807) is 6.08 Å². The Morgan fingerprint density at radius 3 is 0.795 bits per heavy atom. The largest absolute Gasteiger partial charge is 0.394 e. The Labute approximate surface area is 518 Å². The minimum Gasteiger partial charge on any atom is -0.394 e. The molecule has 0 aromatic rings. The number of aliphatic hydroxyl groups is 2. The molecule has 3 N–H and O–H groups in total. The summed E-state index contributed by atoms with van der Waals surface area (Å²) in [6, 6.07) is -0.630. The second-order valence-corrected chi connectivity index (χ2v) is 24.6. The van der Waals surface area contributed by atoms with E-state index in [2.05, 4.69) is 116 Å². The first-order valence-electron chi connectivity index (χ1n) is 36.6. The van der Waals surface area contributed by atoms with Crippen molar-refractivity contribution in [3.8, 4) is 0 Å². The molecule has 0 aliphatic heterocycles. The highest BCUT2D eigenvalue weighted by Gasteiger charge is 2.18. The summed E-state index contributed by atoms with van der Waals surface area (Å²) in [5, 5.41) is 23.3. The van der Waals surface area contributed by atoms with Gasteiger partial charge in [-0.3, -0.25) is 4.79 Å². The number of aliphatic hydroxyl groups excluding tert-OH is 2. The van der Waals surface area contributed by atoms with Crippen LogP contribution in [0.1, 0.15) is 367 Å². The number of carbonyl (C=O) groups is 1. The molecule has 0 aliphatic rings. The Bertz CT molecular complexity index is 1540. The maximum absolute atomic E-state index is 12.6. The summed E-state index contributed by atoms with van der Waals surface area (Å²) in [5.74, 6) is -0.0632. The van der Waals surface area contributed by atoms with E-state index in [0.717, 1.165) is 77.0 Å². The van der Waals surface area contributed by atoms with Crippen LogP contribution < -0.4 is 5.32 Å². The standard InChI is InChI=1S/C79H141NO3/c1-3-5-7-9-11-13-15-17-19-21-23-25-27-29-31-33-35-37-38-39-40-41-42-43-45-47-49-51-53-55-57-59-61-63-65-67-69-71-73-75-79(83)80-77(76-81)78(82)74-72-70-68-66-64-62-60-58-56-54-52-50-48-46-44-36-34-32-30-28-26-24-22-20-18-16-14-12-10-8-6-4-2/h5,7,11,13,17,19,23,25,29,31,35,37,39-40,42-43,72,74,77-78,81-82H,3-4,6,8-10,12,14-16,18,20-22,24,26-28,30,32-34,36,38,41,44-71,73,75-76H2,1-2H3,(H,80,83)/b7-5-,13-11-,19-17-,25-23-,31-29-,37-35-,40-39-,43-42-,74-72+. The van der Waals surface area contributed by atoms with Crippen molar-refractivity contribution in [1.29, 1.82) is 0 Å². The lowest BCUT2D eigenvalue weighted by Crippen LogP contribution is -2.45. The normalized spacial score (nSPS) is 13.3. The molecule has 0 aromatic heterocycles. The van der Waals surface area contributed by atoms with Gasteiger partial charge in [-0.2, -0.15) is 0 Å². The lowest BCUT2D eigenvalue weighted by molar-refractivity contribution is -0.123. The second kappa shape index (κ2) is 73.3. The van der Waals surface area contributed by atoms with Crippen LogP contribution in [0.2, 0.25) is 0 Å². The smallest absolute Gasteiger partial charge is 0.220 e. The first-order chi connectivity index (χ1) is 41.2. The summed E-state index contributed by atoms with van der Waals surface area (Å²) < 4.78 is 0. The Balaban J connectivity index is 3.49. The van der Waals surface area contributed by atoms with Crippen molar-refractivity contribution >= 4 is 5.91 Å². The fraction of sp³-hybridized carbons (Fsp3) is 0.759. The van der Waals surface area contributed by atoms with Crippen molar-refractivity contribution in [2.75, 3.05) is 6.61 Å². The molecule has 0 aromatic carbocycles. The van der Waals surface area contributed by atoms with Crippen molar-refractivity contribution in [2.45, 2.75) is 379 Å². The highest BCUT2D eigenvalue weighted by atomic mass is 16.3. The number of unbranched alkanes of at least 4 members (excludes halogenated alkanes) is 44. The highest BCUT2D eigenvalue weighted by molar-refractivity contribution is 5.76. The summed E-state index contributed by atoms with van der Waals surface area (Å²) in [5.41, 5.74) is 0. The molecule has 1 amide bonds. The van der Waals surface area contributed by atoms with E-state index in [4.69, 9.17) is 0 Å². The highest BCUT2D eigenvalue weighted by Crippen LogP contribution is 2.18. The Kier molecular flexibility index (Phi) is 70.7. The van der Waals surface area contributed by atoms with E-state index < -0.39 is 12.1 Å². The second-order valence-electron chi connectivity index (χ2n) is 24.6. The lowest BCUT2D eigenvalue weighted by Gasteiger charge is -2.20. The Morgan fingerprint density at radius 1 is 0.301 bits per heavy atom. The number of nitrogens with one attached hydrogen (secondary N) is 1. The van der Waals surface area contributed by atoms with E-state index in [1.807, 2.05) is 6.08 Å². The predicted octanol–water partition coefficient (Wildman–Crippen LogP) is 25.3. The van der Waals surface area contributed by atoms with Gasteiger partial charge in [-0.25, -0.2) is 0 Å². The molecule has 0 rings (SSSR count). The van der Waals surface area contributed by atoms with Gasteiger partial charge in [0, 0.05) is 6.42 Å². The van der Waals surface area contributed by atoms with Crippen molar-refractivity contribution in [1.82, 2.24) is 5.32 Å². The zero-order valence-electron chi connectivity index (χ0n) is 55.4. The third-order valence-electron chi connectivity index (χ3n) is 16.5. The minimum atomic E-state index is -0.847. The van der Waals surface area contributed by atoms with Gasteiger partial charge in [0.25, 0.3) is 0 Å². The van der Waals surface area contributed by atoms with Crippen LogP contribution in [0.5, 0.6) is 0 Å². The van der Waals surface area contributed by atoms with Gasteiger partial charge in [0.05, 0.1) is 18.8 Å². The van der Waals surface area contributed by atoms with Crippen LogP contribution in [0.15, 0.2) is 109 Å². The quantitative estimate of drug-likeness (QED) is 0.0420. The predicted molar refractivity (Wildman–Crippen MR) is 373 cm³/mol. The number of allylic oxidation sites excluding steroid dienone is 17. The fourth-order valence-electron chi connectivity index (χ4n) is 11.0. The van der Waals surface area contributed by atoms with Gasteiger partial charge in [0.2, 0.25) is 5.91 Å². The molecule has 0 aliphatic carbocycles. The van der Waals surface area contributed by atoms with E-state index in [0.29, 0.717) is 6.42 Å². The van der Waals surface area contributed by atoms with Gasteiger partial charge in [0.1, 0.15) is 0 Å². The third kappa shape index (κ3) is 69.7. The molecule has 0 bridgehead atoms.